The van der Waals surface area contributed by atoms with Crippen LogP contribution in [0.2, 0.25) is 0 Å². The predicted octanol–water partition coefficient (Wildman–Crippen LogP) is 2.78. The van der Waals surface area contributed by atoms with E-state index >= 15 is 0 Å². The standard InChI is InChI=1S/C20H17NO4S2/c1-25-15-9-7-13(8-10-15)11-17-19(24)21(20(26)27-17)16(12-18(22)23)14-5-3-2-4-6-14/h2-11,16H,12H2,1H3,(H,22,23)/p-1/b17-11-/t16-/m0/s1. The molecule has 0 radical (unpaired) electrons. The quantitative estimate of drug-likeness (QED) is 0.551. The number of carboxylic acid groups (broad SMARTS) is 1. The van der Waals surface area contributed by atoms with Crippen molar-refractivity contribution in [3.8, 4) is 5.75 Å². The van der Waals surface area contributed by atoms with Crippen LogP contribution >= 0.6 is 24.0 Å². The van der Waals surface area contributed by atoms with E-state index in [9.17, 15) is 14.7 Å². The molecule has 1 atom stereocenters. The number of aliphatic carboxylic acids is 1. The molecule has 138 valence electrons. The van der Waals surface area contributed by atoms with Gasteiger partial charge in [0.25, 0.3) is 5.91 Å². The van der Waals surface area contributed by atoms with Crippen molar-refractivity contribution in [2.45, 2.75) is 12.5 Å². The molecule has 1 aliphatic heterocycles. The number of hydrogen-bond acceptors (Lipinski definition) is 6. The van der Waals surface area contributed by atoms with Gasteiger partial charge in [0, 0.05) is 12.4 Å². The number of carbonyl (C=O) groups is 2. The number of amides is 1. The fraction of sp³-hybridized carbons (Fsp3) is 0.150. The second kappa shape index (κ2) is 8.37. The van der Waals surface area contributed by atoms with Crippen molar-refractivity contribution in [3.63, 3.8) is 0 Å². The third-order valence-corrected chi connectivity index (χ3v) is 5.42. The van der Waals surface area contributed by atoms with Crippen LogP contribution in [0.4, 0.5) is 0 Å². The van der Waals surface area contributed by atoms with Crippen molar-refractivity contribution in [2.24, 2.45) is 0 Å². The van der Waals surface area contributed by atoms with Gasteiger partial charge in [0.05, 0.1) is 18.1 Å². The Labute approximate surface area is 166 Å². The summed E-state index contributed by atoms with van der Waals surface area (Å²) in [5.74, 6) is -0.828. The molecule has 0 unspecified atom stereocenters. The first-order valence-electron chi connectivity index (χ1n) is 8.15. The summed E-state index contributed by atoms with van der Waals surface area (Å²) < 4.78 is 5.46. The van der Waals surface area contributed by atoms with E-state index in [0.717, 1.165) is 23.1 Å². The highest BCUT2D eigenvalue weighted by molar-refractivity contribution is 8.26. The normalized spacial score (nSPS) is 16.6. The first-order chi connectivity index (χ1) is 13.0. The summed E-state index contributed by atoms with van der Waals surface area (Å²) >= 11 is 6.53. The number of carboxylic acids is 1. The zero-order chi connectivity index (χ0) is 19.4. The molecule has 1 saturated heterocycles. The first-order valence-corrected chi connectivity index (χ1v) is 9.38. The molecule has 3 rings (SSSR count). The van der Waals surface area contributed by atoms with Crippen LogP contribution < -0.4 is 9.84 Å². The van der Waals surface area contributed by atoms with Crippen LogP contribution in [0.15, 0.2) is 59.5 Å². The van der Waals surface area contributed by atoms with E-state index in [1.165, 1.54) is 4.90 Å². The van der Waals surface area contributed by atoms with Crippen molar-refractivity contribution in [3.05, 3.63) is 70.6 Å². The molecular weight excluding hydrogens is 382 g/mol. The van der Waals surface area contributed by atoms with Crippen LogP contribution in [-0.4, -0.2) is 28.2 Å². The monoisotopic (exact) mass is 398 g/mol. The smallest absolute Gasteiger partial charge is 0.266 e. The molecule has 2 aromatic rings. The third-order valence-electron chi connectivity index (χ3n) is 4.09. The van der Waals surface area contributed by atoms with Gasteiger partial charge in [0.2, 0.25) is 0 Å². The number of hydrogen-bond donors (Lipinski definition) is 0. The molecule has 0 saturated carbocycles. The molecule has 0 aromatic heterocycles. The number of methoxy groups -OCH3 is 1. The van der Waals surface area contributed by atoms with Crippen molar-refractivity contribution < 1.29 is 19.4 Å². The molecule has 2 aromatic carbocycles. The summed E-state index contributed by atoms with van der Waals surface area (Å²) in [6.45, 7) is 0. The highest BCUT2D eigenvalue weighted by Crippen LogP contribution is 2.39. The molecule has 0 aliphatic carbocycles. The largest absolute Gasteiger partial charge is 0.550 e. The fourth-order valence-corrected chi connectivity index (χ4v) is 4.15. The molecular formula is C20H16NO4S2-. The van der Waals surface area contributed by atoms with Crippen LogP contribution in [0, 0.1) is 0 Å². The van der Waals surface area contributed by atoms with Gasteiger partial charge in [-0.2, -0.15) is 0 Å². The highest BCUT2D eigenvalue weighted by Gasteiger charge is 2.37. The zero-order valence-corrected chi connectivity index (χ0v) is 16.1. The average Bonchev–Trinajstić information content (AvgIpc) is 2.94. The molecule has 5 nitrogen and oxygen atoms in total. The van der Waals surface area contributed by atoms with Gasteiger partial charge in [-0.05, 0) is 29.3 Å². The van der Waals surface area contributed by atoms with E-state index < -0.39 is 12.0 Å². The van der Waals surface area contributed by atoms with Gasteiger partial charge in [-0.3, -0.25) is 9.69 Å². The molecule has 1 amide bonds. The molecule has 0 spiro atoms. The highest BCUT2D eigenvalue weighted by atomic mass is 32.2. The Morgan fingerprint density at radius 2 is 1.89 bits per heavy atom. The molecule has 27 heavy (non-hydrogen) atoms. The van der Waals surface area contributed by atoms with Gasteiger partial charge in [-0.15, -0.1) is 0 Å². The van der Waals surface area contributed by atoms with Crippen LogP contribution in [0.1, 0.15) is 23.6 Å². The molecule has 0 N–H and O–H groups in total. The molecule has 1 fully saturated rings. The van der Waals surface area contributed by atoms with Crippen molar-refractivity contribution in [1.82, 2.24) is 4.90 Å². The number of thioether (sulfide) groups is 1. The van der Waals surface area contributed by atoms with Crippen LogP contribution in [-0.2, 0) is 9.59 Å². The second-order valence-corrected chi connectivity index (χ2v) is 7.50. The van der Waals surface area contributed by atoms with Gasteiger partial charge < -0.3 is 14.6 Å². The van der Waals surface area contributed by atoms with Crippen molar-refractivity contribution >= 4 is 46.3 Å². The predicted molar refractivity (Wildman–Crippen MR) is 107 cm³/mol. The summed E-state index contributed by atoms with van der Waals surface area (Å²) in [4.78, 5) is 26.0. The third kappa shape index (κ3) is 4.37. The maximum Gasteiger partial charge on any atom is 0.266 e. The van der Waals surface area contributed by atoms with Gasteiger partial charge in [-0.1, -0.05) is 66.4 Å². The summed E-state index contributed by atoms with van der Waals surface area (Å²) in [5.41, 5.74) is 1.52. The molecule has 7 heteroatoms. The minimum atomic E-state index is -1.24. The summed E-state index contributed by atoms with van der Waals surface area (Å²) in [6, 6.07) is 15.5. The number of ether oxygens (including phenoxy) is 1. The fourth-order valence-electron chi connectivity index (χ4n) is 2.79. The second-order valence-electron chi connectivity index (χ2n) is 5.83. The van der Waals surface area contributed by atoms with Gasteiger partial charge >= 0.3 is 0 Å². The Balaban J connectivity index is 1.91. The van der Waals surface area contributed by atoms with E-state index in [-0.39, 0.29) is 12.3 Å². The summed E-state index contributed by atoms with van der Waals surface area (Å²) in [5, 5.41) is 11.3. The summed E-state index contributed by atoms with van der Waals surface area (Å²) in [6.07, 6.45) is 1.41. The van der Waals surface area contributed by atoms with Gasteiger partial charge in [0.1, 0.15) is 10.1 Å². The van der Waals surface area contributed by atoms with Crippen molar-refractivity contribution in [2.75, 3.05) is 7.11 Å². The minimum Gasteiger partial charge on any atom is -0.550 e. The Hall–Kier alpha value is -2.64. The lowest BCUT2D eigenvalue weighted by Crippen LogP contribution is -2.37. The van der Waals surface area contributed by atoms with E-state index in [2.05, 4.69) is 0 Å². The van der Waals surface area contributed by atoms with Gasteiger partial charge in [-0.25, -0.2) is 0 Å². The van der Waals surface area contributed by atoms with E-state index in [4.69, 9.17) is 17.0 Å². The maximum absolute atomic E-state index is 13.0. The number of carbonyl (C=O) groups excluding carboxylic acids is 2. The minimum absolute atomic E-state index is 0.309. The van der Waals surface area contributed by atoms with E-state index in [0.29, 0.717) is 14.8 Å². The van der Waals surface area contributed by atoms with E-state index in [1.54, 1.807) is 49.6 Å². The SMILES string of the molecule is COc1ccc(/C=C2\SC(=S)N([C@@H](CC(=O)[O-])c3ccccc3)C2=O)cc1. The zero-order valence-electron chi connectivity index (χ0n) is 14.5. The lowest BCUT2D eigenvalue weighted by molar-refractivity contribution is -0.306. The van der Waals surface area contributed by atoms with E-state index in [1.807, 2.05) is 18.2 Å². The van der Waals surface area contributed by atoms with Gasteiger partial charge in [0.15, 0.2) is 0 Å². The molecule has 0 bridgehead atoms. The van der Waals surface area contributed by atoms with Crippen LogP contribution in [0.3, 0.4) is 0 Å². The Morgan fingerprint density at radius 3 is 2.48 bits per heavy atom. The molecule has 1 aliphatic rings. The van der Waals surface area contributed by atoms with Crippen molar-refractivity contribution in [1.29, 1.82) is 0 Å². The Bertz CT molecular complexity index is 894. The number of benzene rings is 2. The maximum atomic E-state index is 13.0. The number of nitrogens with zero attached hydrogens (tertiary/aromatic N) is 1. The average molecular weight is 398 g/mol. The lowest BCUT2D eigenvalue weighted by atomic mass is 10.0. The number of rotatable bonds is 6. The Morgan fingerprint density at radius 1 is 1.22 bits per heavy atom. The number of thiocarbonyl (C=S) groups is 1. The molecule has 1 heterocycles. The van der Waals surface area contributed by atoms with Crippen LogP contribution in [0.5, 0.6) is 5.75 Å². The lowest BCUT2D eigenvalue weighted by Gasteiger charge is -2.27. The van der Waals surface area contributed by atoms with Crippen LogP contribution in [0.25, 0.3) is 6.08 Å². The summed E-state index contributed by atoms with van der Waals surface area (Å²) in [7, 11) is 1.58. The first kappa shape index (κ1) is 19.1. The Kier molecular flexibility index (Phi) is 5.93. The topological polar surface area (TPSA) is 69.7 Å².